The molecular weight excluding hydrogens is 428 g/mol. The summed E-state index contributed by atoms with van der Waals surface area (Å²) >= 11 is 0. The van der Waals surface area contributed by atoms with Gasteiger partial charge < -0.3 is 4.74 Å². The minimum atomic E-state index is 0.0214. The SMILES string of the molecule is CCCCCCCC/C=C\CCCCCCCC(=O)OCC(CC)CCCCCCCCCCC. The second-order valence-electron chi connectivity index (χ2n) is 10.9. The number of esters is 1. The Kier molecular flexibility index (Phi) is 28.8. The summed E-state index contributed by atoms with van der Waals surface area (Å²) < 4.78 is 5.60. The van der Waals surface area contributed by atoms with Gasteiger partial charge in [0.05, 0.1) is 6.61 Å². The Morgan fingerprint density at radius 1 is 0.571 bits per heavy atom. The highest BCUT2D eigenvalue weighted by Gasteiger charge is 2.10. The van der Waals surface area contributed by atoms with Crippen molar-refractivity contribution in [3.63, 3.8) is 0 Å². The molecule has 0 bridgehead atoms. The van der Waals surface area contributed by atoms with Gasteiger partial charge in [0.2, 0.25) is 0 Å². The number of hydrogen-bond acceptors (Lipinski definition) is 2. The third kappa shape index (κ3) is 27.6. The first-order chi connectivity index (χ1) is 17.2. The van der Waals surface area contributed by atoms with Crippen molar-refractivity contribution in [1.29, 1.82) is 0 Å². The summed E-state index contributed by atoms with van der Waals surface area (Å²) in [4.78, 5) is 12.1. The van der Waals surface area contributed by atoms with E-state index >= 15 is 0 Å². The van der Waals surface area contributed by atoms with Gasteiger partial charge >= 0.3 is 5.97 Å². The van der Waals surface area contributed by atoms with Crippen LogP contribution in [0.4, 0.5) is 0 Å². The highest BCUT2D eigenvalue weighted by Crippen LogP contribution is 2.17. The topological polar surface area (TPSA) is 26.3 Å². The maximum atomic E-state index is 12.1. The van der Waals surface area contributed by atoms with Crippen LogP contribution in [0.1, 0.15) is 181 Å². The van der Waals surface area contributed by atoms with Gasteiger partial charge in [-0.25, -0.2) is 0 Å². The monoisotopic (exact) mass is 492 g/mol. The number of carbonyl (C=O) groups excluding carboxylic acids is 1. The Morgan fingerprint density at radius 2 is 1.00 bits per heavy atom. The summed E-state index contributed by atoms with van der Waals surface area (Å²) in [6, 6.07) is 0. The molecule has 2 nitrogen and oxygen atoms in total. The van der Waals surface area contributed by atoms with E-state index in [1.165, 1.54) is 135 Å². The van der Waals surface area contributed by atoms with Crippen molar-refractivity contribution in [2.45, 2.75) is 181 Å². The molecule has 0 rings (SSSR count). The van der Waals surface area contributed by atoms with Crippen LogP contribution in [-0.4, -0.2) is 12.6 Å². The van der Waals surface area contributed by atoms with Crippen LogP contribution < -0.4 is 0 Å². The quantitative estimate of drug-likeness (QED) is 0.0616. The molecule has 0 radical (unpaired) electrons. The van der Waals surface area contributed by atoms with Gasteiger partial charge in [-0.15, -0.1) is 0 Å². The minimum Gasteiger partial charge on any atom is -0.465 e. The second kappa shape index (κ2) is 29.4. The van der Waals surface area contributed by atoms with E-state index in [-0.39, 0.29) is 5.97 Å². The zero-order valence-corrected chi connectivity index (χ0v) is 24.4. The van der Waals surface area contributed by atoms with E-state index in [2.05, 4.69) is 32.9 Å². The molecule has 0 aromatic rings. The average molecular weight is 493 g/mol. The van der Waals surface area contributed by atoms with Gasteiger partial charge in [0.25, 0.3) is 0 Å². The van der Waals surface area contributed by atoms with Gasteiger partial charge in [-0.1, -0.05) is 148 Å². The smallest absolute Gasteiger partial charge is 0.305 e. The van der Waals surface area contributed by atoms with Gasteiger partial charge in [0.15, 0.2) is 0 Å². The van der Waals surface area contributed by atoms with Crippen LogP contribution in [0, 0.1) is 5.92 Å². The lowest BCUT2D eigenvalue weighted by Gasteiger charge is -2.15. The zero-order chi connectivity index (χ0) is 25.7. The first-order valence-electron chi connectivity index (χ1n) is 16.0. The van der Waals surface area contributed by atoms with E-state index in [9.17, 15) is 4.79 Å². The van der Waals surface area contributed by atoms with Crippen molar-refractivity contribution in [1.82, 2.24) is 0 Å². The fourth-order valence-electron chi connectivity index (χ4n) is 4.77. The fourth-order valence-corrected chi connectivity index (χ4v) is 4.77. The normalized spacial score (nSPS) is 12.4. The van der Waals surface area contributed by atoms with E-state index in [0.717, 1.165) is 19.3 Å². The van der Waals surface area contributed by atoms with Gasteiger partial charge in [0, 0.05) is 6.42 Å². The highest BCUT2D eigenvalue weighted by molar-refractivity contribution is 5.69. The molecule has 35 heavy (non-hydrogen) atoms. The number of hydrogen-bond donors (Lipinski definition) is 0. The van der Waals surface area contributed by atoms with Crippen molar-refractivity contribution >= 4 is 5.97 Å². The summed E-state index contributed by atoms with van der Waals surface area (Å²) in [6.07, 6.45) is 36.8. The molecule has 0 amide bonds. The van der Waals surface area contributed by atoms with E-state index in [1.54, 1.807) is 0 Å². The summed E-state index contributed by atoms with van der Waals surface area (Å²) in [5.74, 6) is 0.575. The first kappa shape index (κ1) is 34.2. The van der Waals surface area contributed by atoms with Gasteiger partial charge in [-0.2, -0.15) is 0 Å². The molecule has 0 aliphatic rings. The molecule has 0 spiro atoms. The van der Waals surface area contributed by atoms with Crippen LogP contribution >= 0.6 is 0 Å². The maximum absolute atomic E-state index is 12.1. The summed E-state index contributed by atoms with van der Waals surface area (Å²) in [5.41, 5.74) is 0. The molecule has 1 unspecified atom stereocenters. The number of ether oxygens (including phenoxy) is 1. The average Bonchev–Trinajstić information content (AvgIpc) is 2.87. The first-order valence-corrected chi connectivity index (χ1v) is 16.0. The van der Waals surface area contributed by atoms with Crippen molar-refractivity contribution < 1.29 is 9.53 Å². The van der Waals surface area contributed by atoms with Crippen molar-refractivity contribution in [2.75, 3.05) is 6.61 Å². The Hall–Kier alpha value is -0.790. The van der Waals surface area contributed by atoms with Crippen molar-refractivity contribution in [2.24, 2.45) is 5.92 Å². The molecule has 0 N–H and O–H groups in total. The molecule has 0 aliphatic heterocycles. The Bertz CT molecular complexity index is 442. The summed E-state index contributed by atoms with van der Waals surface area (Å²) in [5, 5.41) is 0. The van der Waals surface area contributed by atoms with Crippen LogP contribution in [0.2, 0.25) is 0 Å². The molecule has 0 aliphatic carbocycles. The molecule has 208 valence electrons. The number of rotatable bonds is 28. The highest BCUT2D eigenvalue weighted by atomic mass is 16.5. The fraction of sp³-hybridized carbons (Fsp3) is 0.909. The second-order valence-corrected chi connectivity index (χ2v) is 10.9. The molecule has 0 heterocycles. The molecule has 0 fully saturated rings. The molecule has 0 saturated carbocycles. The molecular formula is C33H64O2. The van der Waals surface area contributed by atoms with Gasteiger partial charge in [-0.3, -0.25) is 4.79 Å². The van der Waals surface area contributed by atoms with E-state index in [1.807, 2.05) is 0 Å². The number of allylic oxidation sites excluding steroid dienone is 2. The lowest BCUT2D eigenvalue weighted by Crippen LogP contribution is -2.13. The predicted molar refractivity (Wildman–Crippen MR) is 156 cm³/mol. The van der Waals surface area contributed by atoms with Crippen LogP contribution in [0.15, 0.2) is 12.2 Å². The lowest BCUT2D eigenvalue weighted by atomic mass is 9.98. The summed E-state index contributed by atoms with van der Waals surface area (Å²) in [6.45, 7) is 7.42. The molecule has 0 aromatic carbocycles. The van der Waals surface area contributed by atoms with Gasteiger partial charge in [-0.05, 0) is 44.4 Å². The molecule has 1 atom stereocenters. The number of carbonyl (C=O) groups is 1. The Labute approximate surface area is 221 Å². The van der Waals surface area contributed by atoms with E-state index in [0.29, 0.717) is 18.9 Å². The van der Waals surface area contributed by atoms with Crippen molar-refractivity contribution in [3.8, 4) is 0 Å². The van der Waals surface area contributed by atoms with Crippen LogP contribution in [0.3, 0.4) is 0 Å². The van der Waals surface area contributed by atoms with E-state index in [4.69, 9.17) is 4.74 Å². The predicted octanol–water partition coefficient (Wildman–Crippen LogP) is 11.5. The third-order valence-corrected chi connectivity index (χ3v) is 7.42. The number of unbranched alkanes of at least 4 members (excludes halogenated alkanes) is 19. The minimum absolute atomic E-state index is 0.0214. The Morgan fingerprint density at radius 3 is 1.49 bits per heavy atom. The zero-order valence-electron chi connectivity index (χ0n) is 24.4. The summed E-state index contributed by atoms with van der Waals surface area (Å²) in [7, 11) is 0. The lowest BCUT2D eigenvalue weighted by molar-refractivity contribution is -0.145. The molecule has 0 saturated heterocycles. The van der Waals surface area contributed by atoms with Gasteiger partial charge in [0.1, 0.15) is 0 Å². The standard InChI is InChI=1S/C33H64O2/c1-4-7-9-11-13-15-16-17-18-19-20-22-24-26-28-30-33(34)35-31-32(6-3)29-27-25-23-21-14-12-10-8-5-2/h17-18,32H,4-16,19-31H2,1-3H3/b18-17-. The van der Waals surface area contributed by atoms with Crippen LogP contribution in [0.5, 0.6) is 0 Å². The Balaban J connectivity index is 3.44. The third-order valence-electron chi connectivity index (χ3n) is 7.42. The van der Waals surface area contributed by atoms with Crippen LogP contribution in [-0.2, 0) is 9.53 Å². The molecule has 2 heteroatoms. The van der Waals surface area contributed by atoms with E-state index < -0.39 is 0 Å². The maximum Gasteiger partial charge on any atom is 0.305 e. The van der Waals surface area contributed by atoms with Crippen LogP contribution in [0.25, 0.3) is 0 Å². The van der Waals surface area contributed by atoms with Crippen molar-refractivity contribution in [3.05, 3.63) is 12.2 Å². The molecule has 0 aromatic heterocycles. The largest absolute Gasteiger partial charge is 0.465 e.